The number of nitrogens with two attached hydrogens (primary N) is 2. The maximum Gasteiger partial charge on any atom is 0.252 e. The van der Waals surface area contributed by atoms with Crippen LogP contribution in [0.2, 0.25) is 0 Å². The van der Waals surface area contributed by atoms with Crippen LogP contribution in [0.1, 0.15) is 15.9 Å². The molecule has 0 bridgehead atoms. The molecule has 0 saturated carbocycles. The van der Waals surface area contributed by atoms with Crippen LogP contribution in [0, 0.1) is 5.82 Å². The van der Waals surface area contributed by atoms with Crippen LogP contribution in [0.15, 0.2) is 40.9 Å². The third kappa shape index (κ3) is 3.08. The third-order valence-electron chi connectivity index (χ3n) is 2.70. The molecular formula is C14H12BrFN2O2. The Labute approximate surface area is 123 Å². The molecule has 1 amide bonds. The zero-order valence-electron chi connectivity index (χ0n) is 10.4. The standard InChI is InChI=1S/C14H12BrFN2O2/c15-11-6-9(16)5-4-8(11)7-20-13-10(14(18)19)2-1-3-12(13)17/h1-6H,7,17H2,(H2,18,19). The average Bonchev–Trinajstić information content (AvgIpc) is 2.38. The molecule has 0 atom stereocenters. The lowest BCUT2D eigenvalue weighted by atomic mass is 10.1. The number of rotatable bonds is 4. The Kier molecular flexibility index (Phi) is 4.24. The number of benzene rings is 2. The highest BCUT2D eigenvalue weighted by atomic mass is 79.9. The van der Waals surface area contributed by atoms with Crippen LogP contribution in [0.4, 0.5) is 10.1 Å². The van der Waals surface area contributed by atoms with Crippen molar-refractivity contribution in [2.45, 2.75) is 6.61 Å². The normalized spacial score (nSPS) is 10.3. The minimum Gasteiger partial charge on any atom is -0.486 e. The number of para-hydroxylation sites is 1. The quantitative estimate of drug-likeness (QED) is 0.841. The number of amides is 1. The Morgan fingerprint density at radius 2 is 2.05 bits per heavy atom. The Balaban J connectivity index is 2.25. The van der Waals surface area contributed by atoms with Crippen LogP contribution in [0.3, 0.4) is 0 Å². The van der Waals surface area contributed by atoms with Gasteiger partial charge in [0.1, 0.15) is 12.4 Å². The predicted octanol–water partition coefficient (Wildman–Crippen LogP) is 2.85. The summed E-state index contributed by atoms with van der Waals surface area (Å²) < 4.78 is 19.1. The van der Waals surface area contributed by atoms with Gasteiger partial charge in [-0.15, -0.1) is 0 Å². The van der Waals surface area contributed by atoms with Crippen molar-refractivity contribution in [2.24, 2.45) is 5.73 Å². The number of halogens is 2. The minimum absolute atomic E-state index is 0.134. The van der Waals surface area contributed by atoms with Gasteiger partial charge in [0.25, 0.3) is 5.91 Å². The molecule has 4 N–H and O–H groups in total. The smallest absolute Gasteiger partial charge is 0.252 e. The zero-order valence-corrected chi connectivity index (χ0v) is 12.0. The second-order valence-corrected chi connectivity index (χ2v) is 4.97. The molecule has 104 valence electrons. The van der Waals surface area contributed by atoms with Gasteiger partial charge in [0, 0.05) is 10.0 Å². The highest BCUT2D eigenvalue weighted by Gasteiger charge is 2.13. The van der Waals surface area contributed by atoms with Crippen LogP contribution in [0.5, 0.6) is 5.75 Å². The van der Waals surface area contributed by atoms with Crippen molar-refractivity contribution in [3.63, 3.8) is 0 Å². The Hall–Kier alpha value is -2.08. The van der Waals surface area contributed by atoms with Gasteiger partial charge in [-0.3, -0.25) is 4.79 Å². The summed E-state index contributed by atoms with van der Waals surface area (Å²) in [6.45, 7) is 0.134. The molecule has 20 heavy (non-hydrogen) atoms. The summed E-state index contributed by atoms with van der Waals surface area (Å²) in [4.78, 5) is 11.3. The van der Waals surface area contributed by atoms with Gasteiger partial charge in [0.05, 0.1) is 11.3 Å². The van der Waals surface area contributed by atoms with Gasteiger partial charge in [-0.2, -0.15) is 0 Å². The lowest BCUT2D eigenvalue weighted by Gasteiger charge is -2.13. The Bertz CT molecular complexity index is 662. The van der Waals surface area contributed by atoms with Crippen molar-refractivity contribution in [2.75, 3.05) is 5.73 Å². The van der Waals surface area contributed by atoms with Crippen LogP contribution in [-0.4, -0.2) is 5.91 Å². The fourth-order valence-corrected chi connectivity index (χ4v) is 2.16. The highest BCUT2D eigenvalue weighted by Crippen LogP contribution is 2.28. The third-order valence-corrected chi connectivity index (χ3v) is 3.44. The van der Waals surface area contributed by atoms with E-state index in [0.717, 1.165) is 5.56 Å². The van der Waals surface area contributed by atoms with Crippen molar-refractivity contribution in [1.29, 1.82) is 0 Å². The van der Waals surface area contributed by atoms with Gasteiger partial charge in [0.2, 0.25) is 0 Å². The monoisotopic (exact) mass is 338 g/mol. The van der Waals surface area contributed by atoms with Crippen LogP contribution < -0.4 is 16.2 Å². The van der Waals surface area contributed by atoms with Gasteiger partial charge in [0.15, 0.2) is 5.75 Å². The molecule has 2 aromatic rings. The first kappa shape index (κ1) is 14.3. The number of carbonyl (C=O) groups is 1. The molecular weight excluding hydrogens is 327 g/mol. The van der Waals surface area contributed by atoms with Crippen LogP contribution in [-0.2, 0) is 6.61 Å². The predicted molar refractivity (Wildman–Crippen MR) is 77.8 cm³/mol. The summed E-state index contributed by atoms with van der Waals surface area (Å²) in [5.41, 5.74) is 12.3. The topological polar surface area (TPSA) is 78.3 Å². The van der Waals surface area contributed by atoms with Crippen molar-refractivity contribution in [3.8, 4) is 5.75 Å². The van der Waals surface area contributed by atoms with E-state index in [9.17, 15) is 9.18 Å². The molecule has 0 aliphatic carbocycles. The van der Waals surface area contributed by atoms with Crippen molar-refractivity contribution >= 4 is 27.5 Å². The molecule has 0 aromatic heterocycles. The first-order valence-electron chi connectivity index (χ1n) is 5.74. The second kappa shape index (κ2) is 5.92. The molecule has 2 aromatic carbocycles. The van der Waals surface area contributed by atoms with E-state index in [0.29, 0.717) is 10.2 Å². The fraction of sp³-hybridized carbons (Fsp3) is 0.0714. The van der Waals surface area contributed by atoms with Crippen molar-refractivity contribution < 1.29 is 13.9 Å². The van der Waals surface area contributed by atoms with E-state index in [-0.39, 0.29) is 23.7 Å². The van der Waals surface area contributed by atoms with E-state index in [1.54, 1.807) is 18.2 Å². The number of primary amides is 1. The van der Waals surface area contributed by atoms with E-state index >= 15 is 0 Å². The molecule has 0 spiro atoms. The van der Waals surface area contributed by atoms with Crippen LogP contribution >= 0.6 is 15.9 Å². The summed E-state index contributed by atoms with van der Waals surface area (Å²) >= 11 is 3.24. The molecule has 0 aliphatic heterocycles. The van der Waals surface area contributed by atoms with Gasteiger partial charge < -0.3 is 16.2 Å². The maximum atomic E-state index is 13.0. The van der Waals surface area contributed by atoms with E-state index in [1.807, 2.05) is 0 Å². The Morgan fingerprint density at radius 1 is 1.30 bits per heavy atom. The van der Waals surface area contributed by atoms with Crippen molar-refractivity contribution in [1.82, 2.24) is 0 Å². The van der Waals surface area contributed by atoms with Gasteiger partial charge in [-0.05, 0) is 24.3 Å². The van der Waals surface area contributed by atoms with E-state index in [1.165, 1.54) is 18.2 Å². The Morgan fingerprint density at radius 3 is 2.70 bits per heavy atom. The molecule has 0 heterocycles. The van der Waals surface area contributed by atoms with E-state index in [4.69, 9.17) is 16.2 Å². The van der Waals surface area contributed by atoms with Gasteiger partial charge in [-0.25, -0.2) is 4.39 Å². The zero-order chi connectivity index (χ0) is 14.7. The fourth-order valence-electron chi connectivity index (χ4n) is 1.70. The average molecular weight is 339 g/mol. The van der Waals surface area contributed by atoms with Crippen molar-refractivity contribution in [3.05, 3.63) is 57.8 Å². The molecule has 4 nitrogen and oxygen atoms in total. The first-order chi connectivity index (χ1) is 9.49. The number of hydrogen-bond acceptors (Lipinski definition) is 3. The summed E-state index contributed by atoms with van der Waals surface area (Å²) in [7, 11) is 0. The summed E-state index contributed by atoms with van der Waals surface area (Å²) in [6.07, 6.45) is 0. The van der Waals surface area contributed by atoms with Crippen LogP contribution in [0.25, 0.3) is 0 Å². The van der Waals surface area contributed by atoms with E-state index in [2.05, 4.69) is 15.9 Å². The lowest BCUT2D eigenvalue weighted by Crippen LogP contribution is -2.14. The first-order valence-corrected chi connectivity index (χ1v) is 6.53. The number of carbonyl (C=O) groups excluding carboxylic acids is 1. The lowest BCUT2D eigenvalue weighted by molar-refractivity contribution is 0.0996. The maximum absolute atomic E-state index is 13.0. The summed E-state index contributed by atoms with van der Waals surface area (Å²) in [5, 5.41) is 0. The molecule has 0 unspecified atom stereocenters. The summed E-state index contributed by atoms with van der Waals surface area (Å²) in [5.74, 6) is -0.737. The molecule has 6 heteroatoms. The summed E-state index contributed by atoms with van der Waals surface area (Å²) in [6, 6.07) is 9.02. The second-order valence-electron chi connectivity index (χ2n) is 4.11. The minimum atomic E-state index is -0.620. The number of hydrogen-bond donors (Lipinski definition) is 2. The highest BCUT2D eigenvalue weighted by molar-refractivity contribution is 9.10. The molecule has 0 radical (unpaired) electrons. The van der Waals surface area contributed by atoms with Gasteiger partial charge >= 0.3 is 0 Å². The van der Waals surface area contributed by atoms with Gasteiger partial charge in [-0.1, -0.05) is 28.1 Å². The molecule has 0 fully saturated rings. The number of anilines is 1. The number of nitrogen functional groups attached to an aromatic ring is 1. The SMILES string of the molecule is NC(=O)c1cccc(N)c1OCc1ccc(F)cc1Br. The number of ether oxygens (including phenoxy) is 1. The molecule has 0 saturated heterocycles. The largest absolute Gasteiger partial charge is 0.486 e. The van der Waals surface area contributed by atoms with E-state index < -0.39 is 5.91 Å². The molecule has 2 rings (SSSR count). The molecule has 0 aliphatic rings.